The molecule has 1 N–H and O–H groups in total. The molecule has 36 heavy (non-hydrogen) atoms. The van der Waals surface area contributed by atoms with E-state index in [-0.39, 0.29) is 23.9 Å². The minimum Gasteiger partial charge on any atom is -0.479 e. The van der Waals surface area contributed by atoms with Crippen molar-refractivity contribution in [2.45, 2.75) is 31.2 Å². The van der Waals surface area contributed by atoms with Crippen LogP contribution in [0, 0.1) is 5.82 Å². The summed E-state index contributed by atoms with van der Waals surface area (Å²) < 4.78 is 56.7. The maximum Gasteiger partial charge on any atom is 0.244 e. The maximum absolute atomic E-state index is 14.9. The van der Waals surface area contributed by atoms with Crippen molar-refractivity contribution >= 4 is 22.5 Å². The number of rotatable bonds is 7. The number of ether oxygens (including phenoxy) is 2. The molecule has 9 nitrogen and oxygen atoms in total. The summed E-state index contributed by atoms with van der Waals surface area (Å²) in [5.74, 6) is 0.00777. The fourth-order valence-corrected chi connectivity index (χ4v) is 5.00. The number of nitrogens with zero attached hydrogens (tertiary/aromatic N) is 6. The molecule has 2 saturated heterocycles. The highest BCUT2D eigenvalue weighted by molar-refractivity contribution is 5.90. The summed E-state index contributed by atoms with van der Waals surface area (Å²) in [5, 5.41) is 7.65. The molecule has 3 aromatic heterocycles. The molecule has 0 bridgehead atoms. The number of hydrogen-bond acceptors (Lipinski definition) is 7. The standard InChI is InChI=1S/C24H26F3N7O2/c1-35-23-22-16(14-8-17(26)21-20(9-14)33(7-4-25)13-28-21)2-6-34(22)31-24(30-23)29-19-3-5-32(10-18(19)27)15-11-36-12-15/h2,6,8-9,13,15,18-19H,3-5,7,10-12H2,1H3,(H,29,31)/t18-,19+/m0/s1. The van der Waals surface area contributed by atoms with E-state index in [0.717, 1.165) is 6.54 Å². The molecule has 0 amide bonds. The molecule has 0 aliphatic carbocycles. The first-order chi connectivity index (χ1) is 17.6. The average Bonchev–Trinajstić information content (AvgIpc) is 3.44. The molecule has 0 spiro atoms. The Balaban J connectivity index is 1.31. The lowest BCUT2D eigenvalue weighted by Gasteiger charge is -2.42. The van der Waals surface area contributed by atoms with E-state index in [2.05, 4.69) is 25.3 Å². The molecular formula is C24H26F3N7O2. The maximum atomic E-state index is 14.9. The predicted octanol–water partition coefficient (Wildman–Crippen LogP) is 3.09. The molecule has 0 radical (unpaired) electrons. The lowest BCUT2D eigenvalue weighted by molar-refractivity contribution is -0.0794. The Morgan fingerprint density at radius 1 is 1.28 bits per heavy atom. The number of piperidine rings is 1. The smallest absolute Gasteiger partial charge is 0.244 e. The molecule has 2 fully saturated rings. The van der Waals surface area contributed by atoms with Crippen molar-refractivity contribution in [3.05, 3.63) is 36.5 Å². The normalized spacial score (nSPS) is 21.2. The fraction of sp³-hybridized carbons (Fsp3) is 0.458. The van der Waals surface area contributed by atoms with Gasteiger partial charge in [0, 0.05) is 24.8 Å². The topological polar surface area (TPSA) is 81.7 Å². The van der Waals surface area contributed by atoms with Crippen LogP contribution >= 0.6 is 0 Å². The Hall–Kier alpha value is -3.38. The molecule has 0 saturated carbocycles. The molecule has 1 aromatic carbocycles. The minimum atomic E-state index is -1.08. The molecule has 5 heterocycles. The van der Waals surface area contributed by atoms with Crippen LogP contribution in [0.25, 0.3) is 27.7 Å². The van der Waals surface area contributed by atoms with Gasteiger partial charge in [-0.15, -0.1) is 5.10 Å². The molecular weight excluding hydrogens is 475 g/mol. The van der Waals surface area contributed by atoms with Crippen LogP contribution in [0.3, 0.4) is 0 Å². The zero-order chi connectivity index (χ0) is 24.8. The van der Waals surface area contributed by atoms with Crippen LogP contribution in [0.2, 0.25) is 0 Å². The Labute approximate surface area is 204 Å². The number of methoxy groups -OCH3 is 1. The summed E-state index contributed by atoms with van der Waals surface area (Å²) in [5.41, 5.74) is 2.42. The minimum absolute atomic E-state index is 0.0836. The number of benzene rings is 1. The number of fused-ring (bicyclic) bond motifs is 2. The molecule has 190 valence electrons. The highest BCUT2D eigenvalue weighted by Gasteiger charge is 2.35. The monoisotopic (exact) mass is 501 g/mol. The second-order valence-electron chi connectivity index (χ2n) is 9.16. The van der Waals surface area contributed by atoms with Gasteiger partial charge in [0.1, 0.15) is 23.9 Å². The van der Waals surface area contributed by atoms with Crippen molar-refractivity contribution in [2.24, 2.45) is 0 Å². The van der Waals surface area contributed by atoms with Crippen LogP contribution in [-0.4, -0.2) is 87.4 Å². The van der Waals surface area contributed by atoms with E-state index in [1.807, 2.05) is 0 Å². The van der Waals surface area contributed by atoms with Crippen LogP contribution in [0.5, 0.6) is 5.88 Å². The molecule has 12 heteroatoms. The number of likely N-dealkylation sites (tertiary alicyclic amines) is 1. The zero-order valence-electron chi connectivity index (χ0n) is 19.7. The van der Waals surface area contributed by atoms with Crippen molar-refractivity contribution in [3.63, 3.8) is 0 Å². The molecule has 0 unspecified atom stereocenters. The van der Waals surface area contributed by atoms with Gasteiger partial charge in [0.25, 0.3) is 0 Å². The largest absolute Gasteiger partial charge is 0.479 e. The van der Waals surface area contributed by atoms with Gasteiger partial charge in [-0.1, -0.05) is 0 Å². The van der Waals surface area contributed by atoms with E-state index >= 15 is 0 Å². The van der Waals surface area contributed by atoms with Crippen molar-refractivity contribution < 1.29 is 22.6 Å². The van der Waals surface area contributed by atoms with Crippen LogP contribution in [0.15, 0.2) is 30.7 Å². The number of hydrogen-bond donors (Lipinski definition) is 1. The summed E-state index contributed by atoms with van der Waals surface area (Å²) in [7, 11) is 1.49. The predicted molar refractivity (Wildman–Crippen MR) is 127 cm³/mol. The molecule has 6 rings (SSSR count). The van der Waals surface area contributed by atoms with Gasteiger partial charge in [0.05, 0.1) is 50.8 Å². The van der Waals surface area contributed by atoms with Gasteiger partial charge >= 0.3 is 0 Å². The number of aromatic nitrogens is 5. The van der Waals surface area contributed by atoms with Gasteiger partial charge < -0.3 is 19.4 Å². The van der Waals surface area contributed by atoms with Gasteiger partial charge in [0.2, 0.25) is 11.8 Å². The Kier molecular flexibility index (Phi) is 5.92. The van der Waals surface area contributed by atoms with Crippen molar-refractivity contribution in [2.75, 3.05) is 45.4 Å². The number of aryl methyl sites for hydroxylation is 1. The Morgan fingerprint density at radius 2 is 2.14 bits per heavy atom. The lowest BCUT2D eigenvalue weighted by atomic mass is 10.0. The molecule has 2 aliphatic heterocycles. The van der Waals surface area contributed by atoms with Gasteiger partial charge in [-0.2, -0.15) is 4.98 Å². The highest BCUT2D eigenvalue weighted by atomic mass is 19.1. The van der Waals surface area contributed by atoms with E-state index in [4.69, 9.17) is 9.47 Å². The number of halogens is 3. The van der Waals surface area contributed by atoms with Crippen molar-refractivity contribution in [3.8, 4) is 17.0 Å². The Bertz CT molecular complexity index is 1400. The quantitative estimate of drug-likeness (QED) is 0.417. The summed E-state index contributed by atoms with van der Waals surface area (Å²) >= 11 is 0. The SMILES string of the molecule is COc1nc(N[C@@H]2CCN(C3COC3)C[C@@H]2F)nn2ccc(-c3cc(F)c4ncn(CCF)c4c3)c12. The van der Waals surface area contributed by atoms with Crippen LogP contribution in [-0.2, 0) is 11.3 Å². The van der Waals surface area contributed by atoms with Gasteiger partial charge in [-0.3, -0.25) is 4.90 Å². The first kappa shape index (κ1) is 23.0. The summed E-state index contributed by atoms with van der Waals surface area (Å²) in [6.45, 7) is 1.93. The van der Waals surface area contributed by atoms with Crippen LogP contribution < -0.4 is 10.1 Å². The van der Waals surface area contributed by atoms with Crippen LogP contribution in [0.4, 0.5) is 19.1 Å². The Morgan fingerprint density at radius 3 is 2.86 bits per heavy atom. The van der Waals surface area contributed by atoms with E-state index in [0.29, 0.717) is 54.4 Å². The molecule has 2 aliphatic rings. The van der Waals surface area contributed by atoms with Crippen molar-refractivity contribution in [1.29, 1.82) is 0 Å². The number of nitrogens with one attached hydrogen (secondary N) is 1. The number of anilines is 1. The third-order valence-corrected chi connectivity index (χ3v) is 7.01. The van der Waals surface area contributed by atoms with Crippen LogP contribution in [0.1, 0.15) is 6.42 Å². The van der Waals surface area contributed by atoms with Gasteiger partial charge in [-0.25, -0.2) is 22.7 Å². The zero-order valence-corrected chi connectivity index (χ0v) is 19.7. The average molecular weight is 502 g/mol. The highest BCUT2D eigenvalue weighted by Crippen LogP contribution is 2.34. The van der Waals surface area contributed by atoms with Gasteiger partial charge in [-0.05, 0) is 30.2 Å². The lowest BCUT2D eigenvalue weighted by Crippen LogP contribution is -2.57. The summed E-state index contributed by atoms with van der Waals surface area (Å²) in [6, 6.07) is 4.80. The first-order valence-electron chi connectivity index (χ1n) is 11.9. The third kappa shape index (κ3) is 3.94. The summed E-state index contributed by atoms with van der Waals surface area (Å²) in [6.07, 6.45) is 2.69. The van der Waals surface area contributed by atoms with E-state index in [9.17, 15) is 13.2 Å². The van der Waals surface area contributed by atoms with Gasteiger partial charge in [0.15, 0.2) is 5.82 Å². The number of imidazole rings is 1. The fourth-order valence-electron chi connectivity index (χ4n) is 5.00. The van der Waals surface area contributed by atoms with E-state index in [1.54, 1.807) is 27.4 Å². The summed E-state index contributed by atoms with van der Waals surface area (Å²) in [4.78, 5) is 10.7. The molecule has 4 aromatic rings. The van der Waals surface area contributed by atoms with Crippen molar-refractivity contribution in [1.82, 2.24) is 29.0 Å². The second kappa shape index (κ2) is 9.25. The second-order valence-corrected chi connectivity index (χ2v) is 9.16. The third-order valence-electron chi connectivity index (χ3n) is 7.01. The first-order valence-corrected chi connectivity index (χ1v) is 11.9. The molecule has 2 atom stereocenters. The number of alkyl halides is 2. The van der Waals surface area contributed by atoms with E-state index in [1.165, 1.54) is 19.5 Å². The van der Waals surface area contributed by atoms with E-state index < -0.39 is 24.7 Å².